The molecule has 1 aliphatic heterocycles. The molecule has 10 heteroatoms. The van der Waals surface area contributed by atoms with Gasteiger partial charge in [-0.2, -0.15) is 0 Å². The lowest BCUT2D eigenvalue weighted by Crippen LogP contribution is -2.47. The van der Waals surface area contributed by atoms with Crippen LogP contribution >= 0.6 is 35.6 Å². The molecule has 1 aliphatic rings. The maximum atomic E-state index is 12.0. The summed E-state index contributed by atoms with van der Waals surface area (Å²) in [6.07, 6.45) is 2.51. The first-order valence-electron chi connectivity index (χ1n) is 9.43. The number of guanidine groups is 1. The molecule has 0 bridgehead atoms. The van der Waals surface area contributed by atoms with Crippen LogP contribution in [-0.2, 0) is 11.3 Å². The molecule has 3 N–H and O–H groups in total. The summed E-state index contributed by atoms with van der Waals surface area (Å²) in [6.45, 7) is 2.13. The molecule has 30 heavy (non-hydrogen) atoms. The Morgan fingerprint density at radius 3 is 2.90 bits per heavy atom. The average molecular weight is 548 g/mol. The molecule has 1 saturated heterocycles. The van der Waals surface area contributed by atoms with E-state index in [2.05, 4.69) is 25.8 Å². The number of furan rings is 1. The van der Waals surface area contributed by atoms with Gasteiger partial charge in [-0.3, -0.25) is 9.79 Å². The van der Waals surface area contributed by atoms with Gasteiger partial charge in [0, 0.05) is 31.2 Å². The third kappa shape index (κ3) is 6.69. The van der Waals surface area contributed by atoms with Crippen LogP contribution in [0, 0.1) is 0 Å². The highest BCUT2D eigenvalue weighted by atomic mass is 127. The molecule has 3 rings (SSSR count). The van der Waals surface area contributed by atoms with Crippen LogP contribution in [0.5, 0.6) is 5.75 Å². The van der Waals surface area contributed by atoms with Gasteiger partial charge in [0.05, 0.1) is 32.1 Å². The number of hydrogen-bond donors (Lipinski definition) is 3. The van der Waals surface area contributed by atoms with Crippen molar-refractivity contribution in [3.63, 3.8) is 0 Å². The summed E-state index contributed by atoms with van der Waals surface area (Å²) >= 11 is 6.15. The number of amides is 1. The summed E-state index contributed by atoms with van der Waals surface area (Å²) in [5, 5.41) is 9.88. The zero-order chi connectivity index (χ0) is 20.6. The summed E-state index contributed by atoms with van der Waals surface area (Å²) in [7, 11) is 3.34. The van der Waals surface area contributed by atoms with Crippen molar-refractivity contribution in [2.24, 2.45) is 4.99 Å². The van der Waals surface area contributed by atoms with Gasteiger partial charge < -0.3 is 30.0 Å². The highest BCUT2D eigenvalue weighted by molar-refractivity contribution is 14.0. The van der Waals surface area contributed by atoms with Gasteiger partial charge in [-0.1, -0.05) is 11.6 Å². The molecule has 0 aliphatic carbocycles. The van der Waals surface area contributed by atoms with Crippen LogP contribution in [0.1, 0.15) is 12.2 Å². The Balaban J connectivity index is 0.00000320. The number of rotatable bonds is 7. The molecule has 0 saturated carbocycles. The standard InChI is InChI=1S/C20H26ClN5O3.HI/c1-22-20(24-12-19(27)23-11-16-4-3-9-29-16)25-15-7-8-26(13-15)17-10-14(21)5-6-18(17)28-2;/h3-6,9-10,15H,7-8,11-13H2,1-2H3,(H,23,27)(H2,22,24,25);1H. The molecule has 1 fully saturated rings. The van der Waals surface area contributed by atoms with E-state index in [1.54, 1.807) is 26.5 Å². The first-order valence-corrected chi connectivity index (χ1v) is 9.81. The largest absolute Gasteiger partial charge is 0.495 e. The molecule has 1 aromatic carbocycles. The zero-order valence-electron chi connectivity index (χ0n) is 17.0. The quantitative estimate of drug-likeness (QED) is 0.281. The van der Waals surface area contributed by atoms with Crippen LogP contribution in [0.2, 0.25) is 5.02 Å². The van der Waals surface area contributed by atoms with Gasteiger partial charge in [-0.05, 0) is 36.8 Å². The smallest absolute Gasteiger partial charge is 0.239 e. The molecule has 0 radical (unpaired) electrons. The highest BCUT2D eigenvalue weighted by Crippen LogP contribution is 2.33. The van der Waals surface area contributed by atoms with Crippen LogP contribution in [0.25, 0.3) is 0 Å². The number of carbonyl (C=O) groups excluding carboxylic acids is 1. The number of nitrogens with zero attached hydrogens (tertiary/aromatic N) is 2. The molecule has 164 valence electrons. The minimum atomic E-state index is -0.138. The van der Waals surface area contributed by atoms with Crippen LogP contribution < -0.4 is 25.6 Å². The number of benzene rings is 1. The van der Waals surface area contributed by atoms with E-state index in [4.69, 9.17) is 20.8 Å². The van der Waals surface area contributed by atoms with Gasteiger partial charge in [-0.25, -0.2) is 0 Å². The summed E-state index contributed by atoms with van der Waals surface area (Å²) in [4.78, 5) is 18.4. The van der Waals surface area contributed by atoms with Crippen molar-refractivity contribution in [1.29, 1.82) is 0 Å². The van der Waals surface area contributed by atoms with E-state index < -0.39 is 0 Å². The molecule has 1 aromatic heterocycles. The topological polar surface area (TPSA) is 91.1 Å². The Labute approximate surface area is 198 Å². The first-order chi connectivity index (χ1) is 14.1. The number of carbonyl (C=O) groups is 1. The van der Waals surface area contributed by atoms with Crippen LogP contribution in [0.3, 0.4) is 0 Å². The second-order valence-corrected chi connectivity index (χ2v) is 7.11. The van der Waals surface area contributed by atoms with Crippen LogP contribution in [-0.4, -0.2) is 51.7 Å². The van der Waals surface area contributed by atoms with E-state index in [9.17, 15) is 4.79 Å². The van der Waals surface area contributed by atoms with Crippen molar-refractivity contribution in [3.05, 3.63) is 47.4 Å². The minimum Gasteiger partial charge on any atom is -0.495 e. The van der Waals surface area contributed by atoms with E-state index in [0.717, 1.165) is 30.9 Å². The van der Waals surface area contributed by atoms with Crippen molar-refractivity contribution in [3.8, 4) is 5.75 Å². The number of anilines is 1. The van der Waals surface area contributed by atoms with E-state index >= 15 is 0 Å². The van der Waals surface area contributed by atoms with Gasteiger partial charge in [0.2, 0.25) is 5.91 Å². The second kappa shape index (κ2) is 11.9. The van der Waals surface area contributed by atoms with E-state index in [1.165, 1.54) is 0 Å². The van der Waals surface area contributed by atoms with Crippen molar-refractivity contribution < 1.29 is 13.9 Å². The van der Waals surface area contributed by atoms with Gasteiger partial charge in [0.1, 0.15) is 11.5 Å². The van der Waals surface area contributed by atoms with Crippen molar-refractivity contribution in [2.45, 2.75) is 19.0 Å². The zero-order valence-corrected chi connectivity index (χ0v) is 20.1. The van der Waals surface area contributed by atoms with E-state index in [0.29, 0.717) is 23.3 Å². The molecule has 2 aromatic rings. The molecule has 8 nitrogen and oxygen atoms in total. The van der Waals surface area contributed by atoms with Gasteiger partial charge >= 0.3 is 0 Å². The van der Waals surface area contributed by atoms with Crippen molar-refractivity contribution in [1.82, 2.24) is 16.0 Å². The SMILES string of the molecule is CN=C(NCC(=O)NCc1ccco1)NC1CCN(c2cc(Cl)ccc2OC)C1.I. The Bertz CT molecular complexity index is 847. The average Bonchev–Trinajstić information content (AvgIpc) is 3.41. The maximum absolute atomic E-state index is 12.0. The number of aliphatic imine (C=N–C) groups is 1. The normalized spacial score (nSPS) is 16.0. The van der Waals surface area contributed by atoms with Gasteiger partial charge in [0.15, 0.2) is 5.96 Å². The number of nitrogens with one attached hydrogen (secondary N) is 3. The predicted octanol–water partition coefficient (Wildman–Crippen LogP) is 2.62. The Kier molecular flexibility index (Phi) is 9.57. The lowest BCUT2D eigenvalue weighted by atomic mass is 10.2. The Morgan fingerprint density at radius 2 is 2.20 bits per heavy atom. The molecular formula is C20H27ClIN5O3. The van der Waals surface area contributed by atoms with E-state index in [1.807, 2.05) is 24.3 Å². The molecule has 1 amide bonds. The fraction of sp³-hybridized carbons (Fsp3) is 0.400. The maximum Gasteiger partial charge on any atom is 0.239 e. The second-order valence-electron chi connectivity index (χ2n) is 6.67. The van der Waals surface area contributed by atoms with Crippen LogP contribution in [0.4, 0.5) is 5.69 Å². The third-order valence-electron chi connectivity index (χ3n) is 4.69. The fourth-order valence-electron chi connectivity index (χ4n) is 3.22. The summed E-state index contributed by atoms with van der Waals surface area (Å²) in [5.41, 5.74) is 0.976. The highest BCUT2D eigenvalue weighted by Gasteiger charge is 2.25. The number of halogens is 2. The Hall–Kier alpha value is -2.14. The third-order valence-corrected chi connectivity index (χ3v) is 4.93. The fourth-order valence-corrected chi connectivity index (χ4v) is 3.39. The minimum absolute atomic E-state index is 0. The van der Waals surface area contributed by atoms with Crippen molar-refractivity contribution >= 4 is 53.1 Å². The lowest BCUT2D eigenvalue weighted by molar-refractivity contribution is -0.120. The Morgan fingerprint density at radius 1 is 1.37 bits per heavy atom. The van der Waals surface area contributed by atoms with Gasteiger partial charge in [-0.15, -0.1) is 24.0 Å². The first kappa shape index (κ1) is 24.1. The molecule has 1 atom stereocenters. The number of ether oxygens (including phenoxy) is 1. The van der Waals surface area contributed by atoms with Crippen LogP contribution in [0.15, 0.2) is 46.0 Å². The molecule has 0 spiro atoms. The summed E-state index contributed by atoms with van der Waals surface area (Å²) < 4.78 is 10.7. The van der Waals surface area contributed by atoms with Gasteiger partial charge in [0.25, 0.3) is 0 Å². The van der Waals surface area contributed by atoms with E-state index in [-0.39, 0.29) is 42.5 Å². The number of hydrogen-bond acceptors (Lipinski definition) is 5. The predicted molar refractivity (Wildman–Crippen MR) is 129 cm³/mol. The molecular weight excluding hydrogens is 521 g/mol. The summed E-state index contributed by atoms with van der Waals surface area (Å²) in [5.74, 6) is 1.96. The monoisotopic (exact) mass is 547 g/mol. The molecule has 1 unspecified atom stereocenters. The lowest BCUT2D eigenvalue weighted by Gasteiger charge is -2.22. The summed E-state index contributed by atoms with van der Waals surface area (Å²) in [6, 6.07) is 9.40. The number of methoxy groups -OCH3 is 1. The van der Waals surface area contributed by atoms with Crippen molar-refractivity contribution in [2.75, 3.05) is 38.7 Å². The molecule has 2 heterocycles.